The van der Waals surface area contributed by atoms with E-state index in [1.165, 1.54) is 71.7 Å². The second-order valence-electron chi connectivity index (χ2n) is 30.8. The highest BCUT2D eigenvalue weighted by molar-refractivity contribution is 9.10. The van der Waals surface area contributed by atoms with Gasteiger partial charge in [0.1, 0.15) is 26.1 Å². The fourth-order valence-electron chi connectivity index (χ4n) is 14.1. The highest BCUT2D eigenvalue weighted by atomic mass is 79.9. The van der Waals surface area contributed by atoms with E-state index in [0.29, 0.717) is 96.5 Å². The van der Waals surface area contributed by atoms with Crippen LogP contribution in [0.2, 0.25) is 5.02 Å². The molecular weight excluding hydrogens is 2030 g/mol. The zero-order chi connectivity index (χ0) is 103. The number of hydrogen-bond donors (Lipinski definition) is 6. The third-order valence-corrected chi connectivity index (χ3v) is 28.8. The smallest absolute Gasteiger partial charge is 0.345 e. The molecule has 0 aliphatic carbocycles. The molecule has 143 heavy (non-hydrogen) atoms. The number of hydrogen-bond acceptors (Lipinski definition) is 26. The summed E-state index contributed by atoms with van der Waals surface area (Å²) in [5.41, 5.74) is 12.1. The maximum Gasteiger partial charge on any atom is 0.345 e. The Kier molecular flexibility index (Phi) is 42.9. The van der Waals surface area contributed by atoms with Gasteiger partial charge >= 0.3 is 53.7 Å². The number of phenols is 1. The molecule has 0 saturated heterocycles. The summed E-state index contributed by atoms with van der Waals surface area (Å²) in [4.78, 5) is 148. The minimum absolute atomic E-state index is 0.00685. The Bertz CT molecular complexity index is 6890. The fraction of sp³-hybridized carbons (Fsp3) is 0.182. The average molecular weight is 2130 g/mol. The molecule has 0 saturated carbocycles. The maximum atomic E-state index is 12.8. The van der Waals surface area contributed by atoms with Crippen LogP contribution in [0.3, 0.4) is 0 Å². The highest BCUT2D eigenvalue weighted by Gasteiger charge is 2.27. The summed E-state index contributed by atoms with van der Waals surface area (Å²) in [7, 11) is 4.66. The van der Waals surface area contributed by atoms with Gasteiger partial charge in [-0.1, -0.05) is 185 Å². The molecule has 0 amide bonds. The molecule has 0 spiro atoms. The second-order valence-corrected chi connectivity index (χ2v) is 38.4. The van der Waals surface area contributed by atoms with Gasteiger partial charge in [-0.3, -0.25) is 43.2 Å². The van der Waals surface area contributed by atoms with Crippen molar-refractivity contribution in [3.63, 3.8) is 0 Å². The van der Waals surface area contributed by atoms with Gasteiger partial charge < -0.3 is 63.8 Å². The summed E-state index contributed by atoms with van der Waals surface area (Å²) in [6.07, 6.45) is 0.931. The first kappa shape index (κ1) is 110. The SMILES string of the molecule is CCOC(=O)Cc1cc(C(=O)Cc2ccc(Br)cc2)sc1-c1ccccc1.CCOC(=O)Cc1cc(C(=O)O)sc1-c1ccc(Cl)cc1.CCOC(=O)Cc1cc(C(=O)O)sc1-c1ccc(OC)c(OC)c1.CCOC(=O)Cc1cc(C(=O)O)sc1-c1ccccc1.COc1ccc(-c2sc(C(=O)Cc3ccccc3)cc2CC(=O)O)cc1.O=C(O)Cc1cc(C(=O)Cc2ccc(O)cc2)sc1-c1ccccc1. The van der Waals surface area contributed by atoms with E-state index in [9.17, 15) is 72.9 Å². The fourth-order valence-corrected chi connectivity index (χ4v) is 20.9. The van der Waals surface area contributed by atoms with Crippen molar-refractivity contribution in [1.29, 1.82) is 0 Å². The van der Waals surface area contributed by atoms with Crippen molar-refractivity contribution < 1.29 is 121 Å². The number of benzene rings is 9. The number of Topliss-reactive ketones (excluding diaryl/α,β-unsaturated/α-hetero) is 3. The second kappa shape index (κ2) is 55.6. The van der Waals surface area contributed by atoms with Gasteiger partial charge in [0.25, 0.3) is 0 Å². The van der Waals surface area contributed by atoms with Crippen LogP contribution in [0.1, 0.15) is 136 Å². The van der Waals surface area contributed by atoms with E-state index >= 15 is 0 Å². The molecule has 6 N–H and O–H groups in total. The number of ether oxygens (including phenoxy) is 7. The van der Waals surface area contributed by atoms with E-state index in [1.807, 2.05) is 176 Å². The molecule has 0 atom stereocenters. The van der Waals surface area contributed by atoms with Crippen LogP contribution < -0.4 is 14.2 Å². The lowest BCUT2D eigenvalue weighted by Crippen LogP contribution is -2.07. The van der Waals surface area contributed by atoms with Crippen LogP contribution in [-0.2, 0) is 106 Å². The number of aromatic hydroxyl groups is 1. The van der Waals surface area contributed by atoms with Gasteiger partial charge in [-0.2, -0.15) is 0 Å². The molecule has 6 heterocycles. The maximum absolute atomic E-state index is 12.8. The van der Waals surface area contributed by atoms with E-state index in [2.05, 4.69) is 15.9 Å². The first-order valence-corrected chi connectivity index (χ1v) is 50.3. The van der Waals surface area contributed by atoms with Crippen LogP contribution in [-0.4, -0.2) is 149 Å². The quantitative estimate of drug-likeness (QED) is 0.0120. The Balaban J connectivity index is 0.000000177. The normalized spacial score (nSPS) is 10.4. The van der Waals surface area contributed by atoms with Gasteiger partial charge in [-0.05, 0) is 226 Å². The number of thiophene rings is 6. The first-order valence-electron chi connectivity index (χ1n) is 44.2. The number of carbonyl (C=O) groups excluding carboxylic acids is 7. The molecule has 25 nitrogen and oxygen atoms in total. The van der Waals surface area contributed by atoms with E-state index < -0.39 is 35.8 Å². The van der Waals surface area contributed by atoms with Gasteiger partial charge in [0.05, 0.1) is 101 Å². The number of carboxylic acid groups (broad SMARTS) is 5. The summed E-state index contributed by atoms with van der Waals surface area (Å²) >= 11 is 16.8. The van der Waals surface area contributed by atoms with E-state index in [4.69, 9.17) is 60.1 Å². The zero-order valence-electron chi connectivity index (χ0n) is 78.3. The molecule has 6 aromatic heterocycles. The van der Waals surface area contributed by atoms with Crippen molar-refractivity contribution in [3.8, 4) is 85.6 Å². The molecule has 0 bridgehead atoms. The summed E-state index contributed by atoms with van der Waals surface area (Å²) in [5.74, 6) is -4.29. The third-order valence-electron chi connectivity index (χ3n) is 20.6. The molecule has 738 valence electrons. The van der Waals surface area contributed by atoms with Crippen molar-refractivity contribution >= 4 is 167 Å². The number of aliphatic carboxylic acids is 2. The van der Waals surface area contributed by atoms with Crippen molar-refractivity contribution in [2.75, 3.05) is 47.8 Å². The topological polar surface area (TPSA) is 391 Å². The first-order chi connectivity index (χ1) is 68.8. The van der Waals surface area contributed by atoms with Gasteiger partial charge in [-0.15, -0.1) is 68.0 Å². The third kappa shape index (κ3) is 33.5. The molecule has 15 aromatic rings. The van der Waals surface area contributed by atoms with Gasteiger partial charge in [0.2, 0.25) is 0 Å². The van der Waals surface area contributed by atoms with Crippen LogP contribution in [0.15, 0.2) is 277 Å². The lowest BCUT2D eigenvalue weighted by atomic mass is 10.0. The van der Waals surface area contributed by atoms with E-state index in [-0.39, 0.29) is 107 Å². The van der Waals surface area contributed by atoms with Crippen LogP contribution in [0, 0.1) is 0 Å². The Labute approximate surface area is 861 Å². The average Bonchev–Trinajstić information content (AvgIpc) is 1.69. The summed E-state index contributed by atoms with van der Waals surface area (Å²) in [6, 6.07) is 82.1. The minimum Gasteiger partial charge on any atom is -0.508 e. The van der Waals surface area contributed by atoms with Crippen LogP contribution in [0.5, 0.6) is 23.0 Å². The number of rotatable bonds is 37. The van der Waals surface area contributed by atoms with Crippen LogP contribution in [0.4, 0.5) is 0 Å². The van der Waals surface area contributed by atoms with Gasteiger partial charge in [-0.25, -0.2) is 14.4 Å². The van der Waals surface area contributed by atoms with E-state index in [1.54, 1.807) is 120 Å². The predicted octanol–water partition coefficient (Wildman–Crippen LogP) is 24.7. The molecule has 0 aliphatic heterocycles. The molecule has 33 heteroatoms. The molecule has 0 radical (unpaired) electrons. The summed E-state index contributed by atoms with van der Waals surface area (Å²) in [5, 5.41) is 55.7. The van der Waals surface area contributed by atoms with Gasteiger partial charge in [0.15, 0.2) is 28.8 Å². The van der Waals surface area contributed by atoms with Crippen molar-refractivity contribution in [2.45, 2.75) is 85.5 Å². The number of methoxy groups -OCH3 is 3. The lowest BCUT2D eigenvalue weighted by Gasteiger charge is -2.10. The summed E-state index contributed by atoms with van der Waals surface area (Å²) in [6.45, 7) is 8.22. The number of phenolic OH excluding ortho intramolecular Hbond substituents is 1. The number of esters is 4. The number of aromatic carboxylic acids is 3. The molecule has 15 rings (SSSR count). The highest BCUT2D eigenvalue weighted by Crippen LogP contribution is 2.43. The van der Waals surface area contributed by atoms with Crippen LogP contribution >= 0.6 is 95.6 Å². The van der Waals surface area contributed by atoms with Crippen molar-refractivity contribution in [2.24, 2.45) is 0 Å². The number of ketones is 3. The Morgan fingerprint density at radius 2 is 0.545 bits per heavy atom. The van der Waals surface area contributed by atoms with Crippen molar-refractivity contribution in [3.05, 3.63) is 362 Å². The number of halogens is 2. The number of carboxylic acids is 5. The minimum atomic E-state index is -1.03. The lowest BCUT2D eigenvalue weighted by molar-refractivity contribution is -0.143. The van der Waals surface area contributed by atoms with Crippen LogP contribution in [0.25, 0.3) is 62.6 Å². The zero-order valence-corrected chi connectivity index (χ0v) is 85.6. The largest absolute Gasteiger partial charge is 0.508 e. The number of carbonyl (C=O) groups is 12. The van der Waals surface area contributed by atoms with Crippen molar-refractivity contribution in [1.82, 2.24) is 0 Å². The monoisotopic (exact) mass is 2120 g/mol. The predicted molar refractivity (Wildman–Crippen MR) is 561 cm³/mol. The molecule has 9 aromatic carbocycles. The molecule has 0 fully saturated rings. The van der Waals surface area contributed by atoms with E-state index in [0.717, 1.165) is 113 Å². The summed E-state index contributed by atoms with van der Waals surface area (Å²) < 4.78 is 36.5. The molecular formula is C110H98BrClO25S6. The Morgan fingerprint density at radius 1 is 0.280 bits per heavy atom. The Morgan fingerprint density at radius 3 is 0.846 bits per heavy atom. The molecule has 0 aliphatic rings. The van der Waals surface area contributed by atoms with Gasteiger partial charge in [0, 0.05) is 58.0 Å². The molecule has 0 unspecified atom stereocenters. The Hall–Kier alpha value is -14.6. The standard InChI is InChI=1S/C22H19BrO3S.C21H18O4S.C20H16O4S.C17H18O6S.C15H13ClO4S.C15H14O4S/c1-2-26-21(25)14-17-13-20(27-22(17)16-6-4-3-5-7-16)19(24)12-15-8-10-18(23)11-9-15;1-25-17-9-7-15(8-10-17)21-16(13-20(23)24)12-19(26-21)18(22)11-14-5-3-2-4-6-14;21-16-8-6-13(7-9-16)10-17(22)18-11-15(12-19(23)24)20(25-18)14-4-2-1-3-5-14;1-4-23-15(18)9-11-8-14(17(19)20)24-16(11)10-5-6-12(21-2)13(7-10)22-3;1-2-20-13(17)8-10-7-12(15(18)19)21-14(10)9-3-5-11(16)6-4-9;1-2-19-13(16)9-11-8-12(15(17)18)20-14(11)10-6-4-3-5-7-10/h3-11,13H,2,12,14H2,1H3;2-10,12H,11,13H2,1H3,(H,23,24);1-9,11,21H,10,12H2,(H,23,24);5-8H,4,9H2,1-3H3,(H,19,20);3-7H,2,8H2,1H3,(H,18,19);3-8H,2,9H2,1H3,(H,17,18).